The molecule has 0 unspecified atom stereocenters. The summed E-state index contributed by atoms with van der Waals surface area (Å²) in [5.74, 6) is -3.99. The van der Waals surface area contributed by atoms with Gasteiger partial charge in [-0.2, -0.15) is 0 Å². The molecule has 0 saturated carbocycles. The van der Waals surface area contributed by atoms with E-state index in [1.54, 1.807) is 0 Å². The highest BCUT2D eigenvalue weighted by Crippen LogP contribution is 2.20. The molecule has 0 aromatic heterocycles. The van der Waals surface area contributed by atoms with Crippen molar-refractivity contribution < 1.29 is 18.7 Å². The summed E-state index contributed by atoms with van der Waals surface area (Å²) in [6.07, 6.45) is 0. The summed E-state index contributed by atoms with van der Waals surface area (Å²) in [5, 5.41) is 14.3. The van der Waals surface area contributed by atoms with Crippen molar-refractivity contribution in [1.82, 2.24) is 5.32 Å². The zero-order valence-corrected chi connectivity index (χ0v) is 9.39. The second-order valence-electron chi connectivity index (χ2n) is 3.37. The van der Waals surface area contributed by atoms with Crippen LogP contribution >= 0.6 is 0 Å². The van der Waals surface area contributed by atoms with Crippen molar-refractivity contribution in [2.24, 2.45) is 0 Å². The molecule has 1 aromatic carbocycles. The molecule has 0 amide bonds. The number of aromatic carboxylic acids is 1. The van der Waals surface area contributed by atoms with E-state index in [1.807, 2.05) is 6.92 Å². The van der Waals surface area contributed by atoms with Gasteiger partial charge in [-0.05, 0) is 18.7 Å². The Morgan fingerprint density at radius 1 is 1.29 bits per heavy atom. The zero-order chi connectivity index (χ0) is 12.8. The van der Waals surface area contributed by atoms with Gasteiger partial charge < -0.3 is 15.7 Å². The van der Waals surface area contributed by atoms with Crippen LogP contribution in [0.15, 0.2) is 12.1 Å². The highest BCUT2D eigenvalue weighted by molar-refractivity contribution is 5.88. The summed E-state index contributed by atoms with van der Waals surface area (Å²) in [7, 11) is 0. The first kappa shape index (κ1) is 13.4. The van der Waals surface area contributed by atoms with Crippen molar-refractivity contribution in [3.05, 3.63) is 29.3 Å². The van der Waals surface area contributed by atoms with Crippen molar-refractivity contribution in [3.63, 3.8) is 0 Å². The van der Waals surface area contributed by atoms with Crippen LogP contribution < -0.4 is 10.6 Å². The lowest BCUT2D eigenvalue weighted by Gasteiger charge is -2.09. The maximum absolute atomic E-state index is 13.4. The molecule has 3 N–H and O–H groups in total. The van der Waals surface area contributed by atoms with E-state index < -0.39 is 23.2 Å². The predicted molar refractivity (Wildman–Crippen MR) is 60.4 cm³/mol. The number of rotatable bonds is 6. The Morgan fingerprint density at radius 2 is 2.00 bits per heavy atom. The Morgan fingerprint density at radius 3 is 2.59 bits per heavy atom. The Hall–Kier alpha value is -1.69. The number of hydrogen-bond acceptors (Lipinski definition) is 3. The molecule has 1 aromatic rings. The Labute approximate surface area is 97.6 Å². The predicted octanol–water partition coefficient (Wildman–Crippen LogP) is 1.68. The average Bonchev–Trinajstić information content (AvgIpc) is 2.29. The summed E-state index contributed by atoms with van der Waals surface area (Å²) >= 11 is 0. The Kier molecular flexibility index (Phi) is 4.84. The molecule has 0 fully saturated rings. The quantitative estimate of drug-likeness (QED) is 0.666. The number of hydrogen-bond donors (Lipinski definition) is 3. The minimum Gasteiger partial charge on any atom is -0.478 e. The number of halogens is 2. The highest BCUT2D eigenvalue weighted by atomic mass is 19.2. The molecule has 0 aliphatic rings. The van der Waals surface area contributed by atoms with Gasteiger partial charge in [-0.15, -0.1) is 0 Å². The second-order valence-corrected chi connectivity index (χ2v) is 3.37. The van der Waals surface area contributed by atoms with Crippen LogP contribution in [0, 0.1) is 11.6 Å². The van der Waals surface area contributed by atoms with Crippen molar-refractivity contribution in [2.45, 2.75) is 6.92 Å². The first-order chi connectivity index (χ1) is 8.07. The Balaban J connectivity index is 2.75. The molecular weight excluding hydrogens is 230 g/mol. The third-order valence-corrected chi connectivity index (χ3v) is 2.18. The van der Waals surface area contributed by atoms with Crippen LogP contribution in [0.3, 0.4) is 0 Å². The fourth-order valence-electron chi connectivity index (χ4n) is 1.31. The van der Waals surface area contributed by atoms with Crippen LogP contribution in [-0.2, 0) is 0 Å². The van der Waals surface area contributed by atoms with Crippen LogP contribution in [0.4, 0.5) is 14.5 Å². The molecule has 0 atom stereocenters. The standard InChI is InChI=1S/C11H14F2N2O2/c1-2-14-5-6-15-8-4-3-7(11(16)17)9(12)10(8)13/h3-4,14-15H,2,5-6H2,1H3,(H,16,17). The molecular formula is C11H14F2N2O2. The molecule has 0 aliphatic carbocycles. The van der Waals surface area contributed by atoms with Crippen LogP contribution in [0.5, 0.6) is 0 Å². The fraction of sp³-hybridized carbons (Fsp3) is 0.364. The summed E-state index contributed by atoms with van der Waals surface area (Å²) in [5.41, 5.74) is -0.704. The number of carboxylic acid groups (broad SMARTS) is 1. The van der Waals surface area contributed by atoms with Crippen LogP contribution in [0.1, 0.15) is 17.3 Å². The van der Waals surface area contributed by atoms with E-state index in [0.29, 0.717) is 13.1 Å². The van der Waals surface area contributed by atoms with Crippen LogP contribution in [0.2, 0.25) is 0 Å². The van der Waals surface area contributed by atoms with Crippen LogP contribution in [-0.4, -0.2) is 30.7 Å². The van der Waals surface area contributed by atoms with Gasteiger partial charge in [0.2, 0.25) is 0 Å². The average molecular weight is 244 g/mol. The minimum atomic E-state index is -1.49. The number of anilines is 1. The van der Waals surface area contributed by atoms with E-state index in [-0.39, 0.29) is 5.69 Å². The van der Waals surface area contributed by atoms with Gasteiger partial charge in [-0.25, -0.2) is 13.6 Å². The van der Waals surface area contributed by atoms with Gasteiger partial charge in [0.15, 0.2) is 11.6 Å². The smallest absolute Gasteiger partial charge is 0.338 e. The molecule has 4 nitrogen and oxygen atoms in total. The van der Waals surface area contributed by atoms with Gasteiger partial charge in [-0.1, -0.05) is 6.92 Å². The van der Waals surface area contributed by atoms with Gasteiger partial charge in [0.05, 0.1) is 11.3 Å². The molecule has 0 radical (unpaired) electrons. The van der Waals surface area contributed by atoms with E-state index in [4.69, 9.17) is 5.11 Å². The largest absolute Gasteiger partial charge is 0.478 e. The highest BCUT2D eigenvalue weighted by Gasteiger charge is 2.17. The maximum atomic E-state index is 13.4. The summed E-state index contributed by atoms with van der Waals surface area (Å²) in [6, 6.07) is 2.25. The van der Waals surface area contributed by atoms with Gasteiger partial charge in [0.1, 0.15) is 0 Å². The number of benzene rings is 1. The molecule has 0 heterocycles. The fourth-order valence-corrected chi connectivity index (χ4v) is 1.31. The SMILES string of the molecule is CCNCCNc1ccc(C(=O)O)c(F)c1F. The third kappa shape index (κ3) is 3.39. The van der Waals surface area contributed by atoms with Gasteiger partial charge in [-0.3, -0.25) is 0 Å². The molecule has 1 rings (SSSR count). The molecule has 0 spiro atoms. The topological polar surface area (TPSA) is 61.4 Å². The monoisotopic (exact) mass is 244 g/mol. The molecule has 17 heavy (non-hydrogen) atoms. The van der Waals surface area contributed by atoms with E-state index in [0.717, 1.165) is 12.6 Å². The molecule has 0 saturated heterocycles. The molecule has 6 heteroatoms. The normalized spacial score (nSPS) is 10.3. The first-order valence-corrected chi connectivity index (χ1v) is 5.23. The second kappa shape index (κ2) is 6.15. The lowest BCUT2D eigenvalue weighted by Crippen LogP contribution is -2.22. The van der Waals surface area contributed by atoms with Crippen molar-refractivity contribution >= 4 is 11.7 Å². The number of likely N-dealkylation sites (N-methyl/N-ethyl adjacent to an activating group) is 1. The molecule has 0 bridgehead atoms. The zero-order valence-electron chi connectivity index (χ0n) is 9.39. The first-order valence-electron chi connectivity index (χ1n) is 5.23. The van der Waals surface area contributed by atoms with E-state index in [1.165, 1.54) is 6.07 Å². The third-order valence-electron chi connectivity index (χ3n) is 2.18. The van der Waals surface area contributed by atoms with Gasteiger partial charge in [0, 0.05) is 13.1 Å². The lowest BCUT2D eigenvalue weighted by atomic mass is 10.2. The van der Waals surface area contributed by atoms with Gasteiger partial charge in [0.25, 0.3) is 0 Å². The Bertz CT molecular complexity index is 411. The van der Waals surface area contributed by atoms with Crippen molar-refractivity contribution in [3.8, 4) is 0 Å². The van der Waals surface area contributed by atoms with E-state index >= 15 is 0 Å². The van der Waals surface area contributed by atoms with Gasteiger partial charge >= 0.3 is 5.97 Å². The van der Waals surface area contributed by atoms with Crippen molar-refractivity contribution in [2.75, 3.05) is 25.0 Å². The lowest BCUT2D eigenvalue weighted by molar-refractivity contribution is 0.0690. The molecule has 94 valence electrons. The minimum absolute atomic E-state index is 0.0367. The maximum Gasteiger partial charge on any atom is 0.338 e. The molecule has 0 aliphatic heterocycles. The summed E-state index contributed by atoms with van der Waals surface area (Å²) in [4.78, 5) is 10.5. The number of carbonyl (C=O) groups is 1. The van der Waals surface area contributed by atoms with E-state index in [2.05, 4.69) is 10.6 Å². The number of nitrogens with one attached hydrogen (secondary N) is 2. The number of carboxylic acids is 1. The summed E-state index contributed by atoms with van der Waals surface area (Å²) in [6.45, 7) is 3.76. The van der Waals surface area contributed by atoms with E-state index in [9.17, 15) is 13.6 Å². The van der Waals surface area contributed by atoms with Crippen LogP contribution in [0.25, 0.3) is 0 Å². The van der Waals surface area contributed by atoms with Crippen molar-refractivity contribution in [1.29, 1.82) is 0 Å². The summed E-state index contributed by atoms with van der Waals surface area (Å²) < 4.78 is 26.7.